The Morgan fingerprint density at radius 2 is 1.43 bits per heavy atom. The number of hydrogen-bond acceptors (Lipinski definition) is 4. The molecule has 1 heterocycles. The molecule has 0 spiro atoms. The van der Waals surface area contributed by atoms with Crippen LogP contribution in [0, 0.1) is 10.1 Å². The predicted molar refractivity (Wildman–Crippen MR) is 117 cm³/mol. The lowest BCUT2D eigenvalue weighted by molar-refractivity contribution is -0.384. The summed E-state index contributed by atoms with van der Waals surface area (Å²) in [4.78, 5) is 28.9. The molecule has 6 heteroatoms. The van der Waals surface area contributed by atoms with Crippen molar-refractivity contribution in [2.75, 3.05) is 0 Å². The molecule has 1 aromatic heterocycles. The van der Waals surface area contributed by atoms with E-state index in [2.05, 4.69) is 0 Å². The monoisotopic (exact) mass is 393 g/mol. The third-order valence-corrected chi connectivity index (χ3v) is 5.09. The molecule has 5 aromatic rings. The highest BCUT2D eigenvalue weighted by Gasteiger charge is 2.16. The number of aromatic nitrogens is 2. The van der Waals surface area contributed by atoms with E-state index >= 15 is 0 Å². The van der Waals surface area contributed by atoms with E-state index in [4.69, 9.17) is 4.98 Å². The van der Waals surface area contributed by atoms with Crippen LogP contribution in [0.1, 0.15) is 0 Å². The molecule has 5 rings (SSSR count). The van der Waals surface area contributed by atoms with E-state index < -0.39 is 4.92 Å². The number of hydrogen-bond donors (Lipinski definition) is 0. The molecule has 0 radical (unpaired) electrons. The topological polar surface area (TPSA) is 78.0 Å². The maximum atomic E-state index is 13.6. The molecule has 6 nitrogen and oxygen atoms in total. The lowest BCUT2D eigenvalue weighted by atomic mass is 10.1. The van der Waals surface area contributed by atoms with Gasteiger partial charge in [-0.1, -0.05) is 42.5 Å². The molecule has 0 fully saturated rings. The van der Waals surface area contributed by atoms with Crippen LogP contribution in [-0.4, -0.2) is 14.5 Å². The second kappa shape index (κ2) is 6.93. The number of nitro groups is 1. The molecule has 4 aromatic carbocycles. The molecule has 0 amide bonds. The molecule has 0 bridgehead atoms. The average molecular weight is 393 g/mol. The number of rotatable bonds is 3. The summed E-state index contributed by atoms with van der Waals surface area (Å²) >= 11 is 0. The fourth-order valence-electron chi connectivity index (χ4n) is 3.62. The van der Waals surface area contributed by atoms with Crippen molar-refractivity contribution in [3.8, 4) is 17.1 Å². The van der Waals surface area contributed by atoms with Crippen molar-refractivity contribution < 1.29 is 4.92 Å². The van der Waals surface area contributed by atoms with Crippen molar-refractivity contribution in [1.29, 1.82) is 0 Å². The fraction of sp³-hybridized carbons (Fsp3) is 0. The molecular weight excluding hydrogens is 378 g/mol. The van der Waals surface area contributed by atoms with Crippen LogP contribution < -0.4 is 5.56 Å². The number of nitrogens with zero attached hydrogens (tertiary/aromatic N) is 3. The highest BCUT2D eigenvalue weighted by Crippen LogP contribution is 2.26. The van der Waals surface area contributed by atoms with Crippen LogP contribution in [0.25, 0.3) is 38.8 Å². The Bertz CT molecular complexity index is 1470. The Morgan fingerprint density at radius 3 is 2.10 bits per heavy atom. The van der Waals surface area contributed by atoms with Gasteiger partial charge in [0, 0.05) is 17.7 Å². The van der Waals surface area contributed by atoms with Crippen molar-refractivity contribution in [1.82, 2.24) is 9.55 Å². The van der Waals surface area contributed by atoms with Crippen LogP contribution in [0.3, 0.4) is 0 Å². The predicted octanol–water partition coefficient (Wildman–Crippen LogP) is 5.11. The molecule has 0 atom stereocenters. The lowest BCUT2D eigenvalue weighted by Crippen LogP contribution is -2.22. The van der Waals surface area contributed by atoms with Gasteiger partial charge in [0.1, 0.15) is 5.82 Å². The molecule has 0 aliphatic carbocycles. The van der Waals surface area contributed by atoms with E-state index in [1.54, 1.807) is 16.7 Å². The van der Waals surface area contributed by atoms with Crippen molar-refractivity contribution in [2.24, 2.45) is 0 Å². The van der Waals surface area contributed by atoms with Crippen molar-refractivity contribution in [3.63, 3.8) is 0 Å². The standard InChI is InChI=1S/C24H15N3O3/c28-24-21-14-17-6-4-5-7-18(17)15-22(21)25-23(26(24)19-8-2-1-3-9-19)16-10-12-20(13-11-16)27(29)30/h1-15H. The third-order valence-electron chi connectivity index (χ3n) is 5.09. The molecule has 0 aliphatic heterocycles. The zero-order chi connectivity index (χ0) is 20.7. The summed E-state index contributed by atoms with van der Waals surface area (Å²) in [6.07, 6.45) is 0. The summed E-state index contributed by atoms with van der Waals surface area (Å²) in [6.45, 7) is 0. The SMILES string of the molecule is O=c1c2cc3ccccc3cc2nc(-c2ccc([N+](=O)[O-])cc2)n1-c1ccccc1. The van der Waals surface area contributed by atoms with E-state index in [1.807, 2.05) is 66.7 Å². The van der Waals surface area contributed by atoms with Crippen LogP contribution in [-0.2, 0) is 0 Å². The highest BCUT2D eigenvalue weighted by atomic mass is 16.6. The summed E-state index contributed by atoms with van der Waals surface area (Å²) in [5.41, 5.74) is 1.68. The number of para-hydroxylation sites is 1. The summed E-state index contributed by atoms with van der Waals surface area (Å²) in [6, 6.07) is 26.9. The molecule has 0 saturated heterocycles. The second-order valence-corrected chi connectivity index (χ2v) is 6.93. The first kappa shape index (κ1) is 17.8. The van der Waals surface area contributed by atoms with Gasteiger partial charge in [-0.05, 0) is 47.2 Å². The Hall–Kier alpha value is -4.32. The largest absolute Gasteiger partial charge is 0.269 e. The van der Waals surface area contributed by atoms with Gasteiger partial charge in [-0.15, -0.1) is 0 Å². The van der Waals surface area contributed by atoms with E-state index in [-0.39, 0.29) is 11.2 Å². The first-order valence-corrected chi connectivity index (χ1v) is 9.38. The average Bonchev–Trinajstić information content (AvgIpc) is 2.78. The van der Waals surface area contributed by atoms with E-state index in [0.29, 0.717) is 28.0 Å². The van der Waals surface area contributed by atoms with Crippen molar-refractivity contribution in [3.05, 3.63) is 111 Å². The van der Waals surface area contributed by atoms with Gasteiger partial charge in [0.15, 0.2) is 0 Å². The van der Waals surface area contributed by atoms with E-state index in [1.165, 1.54) is 12.1 Å². The van der Waals surface area contributed by atoms with Gasteiger partial charge in [0.25, 0.3) is 11.2 Å². The number of fused-ring (bicyclic) bond motifs is 2. The minimum Gasteiger partial charge on any atom is -0.268 e. The third kappa shape index (κ3) is 2.91. The maximum absolute atomic E-state index is 13.6. The Morgan fingerprint density at radius 1 is 0.800 bits per heavy atom. The number of nitro benzene ring substituents is 1. The molecule has 144 valence electrons. The van der Waals surface area contributed by atoms with Gasteiger partial charge in [-0.2, -0.15) is 0 Å². The minimum atomic E-state index is -0.450. The van der Waals surface area contributed by atoms with Crippen LogP contribution in [0.2, 0.25) is 0 Å². The Kier molecular flexibility index (Phi) is 4.10. The van der Waals surface area contributed by atoms with Gasteiger partial charge in [0.05, 0.1) is 21.5 Å². The normalized spacial score (nSPS) is 11.1. The first-order chi connectivity index (χ1) is 14.6. The number of non-ortho nitro benzene ring substituents is 1. The Labute approximate surface area is 170 Å². The molecular formula is C24H15N3O3. The van der Waals surface area contributed by atoms with Crippen LogP contribution in [0.4, 0.5) is 5.69 Å². The summed E-state index contributed by atoms with van der Waals surface area (Å²) in [5, 5.41) is 13.5. The molecule has 30 heavy (non-hydrogen) atoms. The Balaban J connectivity index is 1.86. The molecule has 0 aliphatic rings. The van der Waals surface area contributed by atoms with E-state index in [9.17, 15) is 14.9 Å². The van der Waals surface area contributed by atoms with Gasteiger partial charge >= 0.3 is 0 Å². The molecule has 0 saturated carbocycles. The summed E-state index contributed by atoms with van der Waals surface area (Å²) in [7, 11) is 0. The zero-order valence-electron chi connectivity index (χ0n) is 15.7. The first-order valence-electron chi connectivity index (χ1n) is 9.38. The van der Waals surface area contributed by atoms with Crippen LogP contribution in [0.15, 0.2) is 95.8 Å². The fourth-order valence-corrected chi connectivity index (χ4v) is 3.62. The molecule has 0 N–H and O–H groups in total. The van der Waals surface area contributed by atoms with Crippen LogP contribution in [0.5, 0.6) is 0 Å². The van der Waals surface area contributed by atoms with Gasteiger partial charge in [-0.25, -0.2) is 4.98 Å². The molecule has 0 unspecified atom stereocenters. The maximum Gasteiger partial charge on any atom is 0.269 e. The summed E-state index contributed by atoms with van der Waals surface area (Å²) in [5.74, 6) is 0.434. The smallest absolute Gasteiger partial charge is 0.268 e. The summed E-state index contributed by atoms with van der Waals surface area (Å²) < 4.78 is 1.55. The van der Waals surface area contributed by atoms with Crippen molar-refractivity contribution >= 4 is 27.4 Å². The van der Waals surface area contributed by atoms with Crippen molar-refractivity contribution in [2.45, 2.75) is 0 Å². The minimum absolute atomic E-state index is 0.0147. The second-order valence-electron chi connectivity index (χ2n) is 6.93. The van der Waals surface area contributed by atoms with Gasteiger partial charge in [0.2, 0.25) is 0 Å². The van der Waals surface area contributed by atoms with Gasteiger partial charge in [-0.3, -0.25) is 19.5 Å². The lowest BCUT2D eigenvalue weighted by Gasteiger charge is -2.14. The van der Waals surface area contributed by atoms with Crippen LogP contribution >= 0.6 is 0 Å². The zero-order valence-corrected chi connectivity index (χ0v) is 15.7. The quantitative estimate of drug-likeness (QED) is 0.242. The number of benzene rings is 4. The highest BCUT2D eigenvalue weighted by molar-refractivity contribution is 5.96. The van der Waals surface area contributed by atoms with Gasteiger partial charge < -0.3 is 0 Å². The van der Waals surface area contributed by atoms with E-state index in [0.717, 1.165) is 10.8 Å².